The van der Waals surface area contributed by atoms with Gasteiger partial charge in [0.15, 0.2) is 6.10 Å². The predicted octanol–water partition coefficient (Wildman–Crippen LogP) is 4.33. The second-order valence-corrected chi connectivity index (χ2v) is 6.73. The van der Waals surface area contributed by atoms with Gasteiger partial charge in [0.1, 0.15) is 5.82 Å². The van der Waals surface area contributed by atoms with E-state index in [9.17, 15) is 9.59 Å². The number of nitrogens with zero attached hydrogens (tertiary/aromatic N) is 2. The Morgan fingerprint density at radius 3 is 2.54 bits per heavy atom. The summed E-state index contributed by atoms with van der Waals surface area (Å²) in [5, 5.41) is 3.07. The molecule has 0 unspecified atom stereocenters. The molecule has 0 aliphatic rings. The normalized spacial score (nSPS) is 11.7. The second-order valence-electron chi connectivity index (χ2n) is 6.32. The molecule has 1 amide bonds. The van der Waals surface area contributed by atoms with Gasteiger partial charge in [0, 0.05) is 17.6 Å². The number of ether oxygens (including phenoxy) is 1. The van der Waals surface area contributed by atoms with Crippen LogP contribution < -0.4 is 5.32 Å². The number of nitrogens with one attached hydrogen (secondary N) is 1. The number of para-hydroxylation sites is 1. The number of hydrogen-bond donors (Lipinski definition) is 1. The minimum Gasteiger partial charge on any atom is -0.449 e. The van der Waals surface area contributed by atoms with Crippen molar-refractivity contribution in [2.45, 2.75) is 26.9 Å². The van der Waals surface area contributed by atoms with Crippen molar-refractivity contribution in [1.29, 1.82) is 0 Å². The third-order valence-corrected chi connectivity index (χ3v) is 4.64. The molecule has 7 heteroatoms. The maximum atomic E-state index is 12.6. The van der Waals surface area contributed by atoms with Crippen LogP contribution in [0.4, 0.5) is 5.69 Å². The fraction of sp³-hybridized carbons (Fsp3) is 0.190. The number of carbonyl (C=O) groups excluding carboxylic acids is 2. The van der Waals surface area contributed by atoms with Gasteiger partial charge in [-0.25, -0.2) is 9.78 Å². The average Bonchev–Trinajstić information content (AvgIpc) is 2.98. The third kappa shape index (κ3) is 4.07. The van der Waals surface area contributed by atoms with Gasteiger partial charge >= 0.3 is 5.97 Å². The number of halogens is 1. The minimum absolute atomic E-state index is 0.389. The highest BCUT2D eigenvalue weighted by molar-refractivity contribution is 6.33. The first-order chi connectivity index (χ1) is 13.4. The predicted molar refractivity (Wildman–Crippen MR) is 108 cm³/mol. The van der Waals surface area contributed by atoms with Gasteiger partial charge in [-0.15, -0.1) is 0 Å². The molecule has 0 saturated heterocycles. The van der Waals surface area contributed by atoms with Crippen molar-refractivity contribution in [2.75, 3.05) is 5.32 Å². The van der Waals surface area contributed by atoms with Crippen molar-refractivity contribution < 1.29 is 14.3 Å². The molecule has 28 heavy (non-hydrogen) atoms. The third-order valence-electron chi connectivity index (χ3n) is 4.31. The zero-order valence-corrected chi connectivity index (χ0v) is 16.5. The summed E-state index contributed by atoms with van der Waals surface area (Å²) in [5.74, 6) is -0.321. The van der Waals surface area contributed by atoms with Gasteiger partial charge in [-0.2, -0.15) is 0 Å². The van der Waals surface area contributed by atoms with E-state index < -0.39 is 18.0 Å². The minimum atomic E-state index is -0.985. The highest BCUT2D eigenvalue weighted by Crippen LogP contribution is 2.22. The molecular formula is C21H20ClN3O3. The number of aryl methyl sites for hydroxylation is 1. The molecule has 1 N–H and O–H groups in total. The van der Waals surface area contributed by atoms with Crippen LogP contribution >= 0.6 is 11.6 Å². The summed E-state index contributed by atoms with van der Waals surface area (Å²) in [6.45, 7) is 5.21. The molecule has 1 aromatic carbocycles. The summed E-state index contributed by atoms with van der Waals surface area (Å²) >= 11 is 6.04. The molecule has 0 spiro atoms. The van der Waals surface area contributed by atoms with E-state index in [0.29, 0.717) is 27.8 Å². The van der Waals surface area contributed by atoms with Gasteiger partial charge in [0.2, 0.25) is 0 Å². The molecule has 2 heterocycles. The summed E-state index contributed by atoms with van der Waals surface area (Å²) in [7, 11) is 0. The van der Waals surface area contributed by atoms with Crippen LogP contribution in [0, 0.1) is 13.8 Å². The smallest absolute Gasteiger partial charge is 0.340 e. The summed E-state index contributed by atoms with van der Waals surface area (Å²) in [6, 6.07) is 14.1. The number of amides is 1. The van der Waals surface area contributed by atoms with Gasteiger partial charge in [-0.05, 0) is 51.1 Å². The van der Waals surface area contributed by atoms with Crippen LogP contribution in [0.25, 0.3) is 5.82 Å². The maximum Gasteiger partial charge on any atom is 0.340 e. The van der Waals surface area contributed by atoms with Crippen molar-refractivity contribution in [3.63, 3.8) is 0 Å². The first-order valence-electron chi connectivity index (χ1n) is 8.75. The number of carbonyl (C=O) groups is 2. The van der Waals surface area contributed by atoms with Crippen molar-refractivity contribution in [3.8, 4) is 5.82 Å². The van der Waals surface area contributed by atoms with E-state index >= 15 is 0 Å². The fourth-order valence-electron chi connectivity index (χ4n) is 2.88. The Labute approximate surface area is 168 Å². The van der Waals surface area contributed by atoms with E-state index in [-0.39, 0.29) is 0 Å². The quantitative estimate of drug-likeness (QED) is 0.650. The highest BCUT2D eigenvalue weighted by Gasteiger charge is 2.23. The number of esters is 1. The van der Waals surface area contributed by atoms with Crippen LogP contribution in [0.2, 0.25) is 5.02 Å². The largest absolute Gasteiger partial charge is 0.449 e. The molecule has 3 aromatic rings. The number of hydrogen-bond acceptors (Lipinski definition) is 4. The molecule has 0 aliphatic carbocycles. The van der Waals surface area contributed by atoms with Gasteiger partial charge in [0.25, 0.3) is 5.91 Å². The van der Waals surface area contributed by atoms with Gasteiger partial charge in [0.05, 0.1) is 16.3 Å². The van der Waals surface area contributed by atoms with Crippen LogP contribution in [-0.4, -0.2) is 27.5 Å². The number of pyridine rings is 1. The Balaban J connectivity index is 1.74. The van der Waals surface area contributed by atoms with E-state index in [1.165, 1.54) is 6.92 Å². The summed E-state index contributed by atoms with van der Waals surface area (Å²) in [6.07, 6.45) is 0.703. The molecule has 144 valence electrons. The zero-order chi connectivity index (χ0) is 20.3. The molecule has 0 radical (unpaired) electrons. The lowest BCUT2D eigenvalue weighted by molar-refractivity contribution is -0.123. The first kappa shape index (κ1) is 19.6. The highest BCUT2D eigenvalue weighted by atomic mass is 35.5. The van der Waals surface area contributed by atoms with Gasteiger partial charge in [-0.1, -0.05) is 29.8 Å². The zero-order valence-electron chi connectivity index (χ0n) is 15.8. The molecule has 0 aliphatic heterocycles. The van der Waals surface area contributed by atoms with Crippen LogP contribution in [-0.2, 0) is 9.53 Å². The molecule has 0 saturated carbocycles. The topological polar surface area (TPSA) is 73.2 Å². The Hall–Kier alpha value is -3.12. The summed E-state index contributed by atoms with van der Waals surface area (Å²) < 4.78 is 7.23. The van der Waals surface area contributed by atoms with Crippen LogP contribution in [0.15, 0.2) is 54.7 Å². The molecule has 3 rings (SSSR count). The Bertz CT molecular complexity index is 1010. The van der Waals surface area contributed by atoms with Crippen LogP contribution in [0.1, 0.15) is 28.7 Å². The van der Waals surface area contributed by atoms with Crippen molar-refractivity contribution in [1.82, 2.24) is 9.55 Å². The van der Waals surface area contributed by atoms with Crippen LogP contribution in [0.5, 0.6) is 0 Å². The Morgan fingerprint density at radius 2 is 1.86 bits per heavy atom. The Morgan fingerprint density at radius 1 is 1.14 bits per heavy atom. The van der Waals surface area contributed by atoms with Crippen LogP contribution in [0.3, 0.4) is 0 Å². The number of rotatable bonds is 5. The first-order valence-corrected chi connectivity index (χ1v) is 9.13. The maximum absolute atomic E-state index is 12.6. The van der Waals surface area contributed by atoms with E-state index in [2.05, 4.69) is 10.3 Å². The lowest BCUT2D eigenvalue weighted by Crippen LogP contribution is -2.30. The monoisotopic (exact) mass is 397 g/mol. The fourth-order valence-corrected chi connectivity index (χ4v) is 3.07. The van der Waals surface area contributed by atoms with Crippen molar-refractivity contribution >= 4 is 29.2 Å². The molecule has 0 bridgehead atoms. The number of aromatic nitrogens is 2. The molecule has 2 aromatic heterocycles. The molecular weight excluding hydrogens is 378 g/mol. The Kier molecular flexibility index (Phi) is 5.80. The summed E-state index contributed by atoms with van der Waals surface area (Å²) in [4.78, 5) is 29.3. The molecule has 1 atom stereocenters. The number of anilines is 1. The van der Waals surface area contributed by atoms with E-state index in [0.717, 1.165) is 5.69 Å². The summed E-state index contributed by atoms with van der Waals surface area (Å²) in [5.41, 5.74) is 2.39. The standard InChI is InChI=1S/C21H20ClN3O3/c1-13-12-16(14(2)25(13)19-10-6-7-11-23-19)21(27)28-15(3)20(26)24-18-9-5-4-8-17(18)22/h4-12,15H,1-3H3,(H,24,26)/t15-/m0/s1. The lowest BCUT2D eigenvalue weighted by Gasteiger charge is -2.14. The molecule has 0 fully saturated rings. The second kappa shape index (κ2) is 8.27. The van der Waals surface area contributed by atoms with Crippen molar-refractivity contribution in [2.24, 2.45) is 0 Å². The molecule has 6 nitrogen and oxygen atoms in total. The average molecular weight is 398 g/mol. The SMILES string of the molecule is Cc1cc(C(=O)O[C@@H](C)C(=O)Nc2ccccc2Cl)c(C)n1-c1ccccn1. The van der Waals surface area contributed by atoms with Gasteiger partial charge < -0.3 is 14.6 Å². The van der Waals surface area contributed by atoms with E-state index in [4.69, 9.17) is 16.3 Å². The lowest BCUT2D eigenvalue weighted by atomic mass is 10.2. The van der Waals surface area contributed by atoms with Crippen molar-refractivity contribution in [3.05, 3.63) is 76.7 Å². The van der Waals surface area contributed by atoms with Gasteiger partial charge in [-0.3, -0.25) is 4.79 Å². The number of benzene rings is 1. The van der Waals surface area contributed by atoms with E-state index in [1.807, 2.05) is 36.6 Å². The van der Waals surface area contributed by atoms with E-state index in [1.54, 1.807) is 36.5 Å².